The highest BCUT2D eigenvalue weighted by atomic mass is 16.3. The van der Waals surface area contributed by atoms with Crippen LogP contribution in [0.2, 0.25) is 0 Å². The predicted molar refractivity (Wildman–Crippen MR) is 58.9 cm³/mol. The fourth-order valence-corrected chi connectivity index (χ4v) is 2.47. The first kappa shape index (κ1) is 11.8. The molecule has 2 fully saturated rings. The number of rotatable bonds is 2. The Kier molecular flexibility index (Phi) is 3.47. The molecule has 2 aliphatic heterocycles. The molecule has 5 heteroatoms. The van der Waals surface area contributed by atoms with Gasteiger partial charge in [-0.2, -0.15) is 0 Å². The van der Waals surface area contributed by atoms with Gasteiger partial charge in [0.15, 0.2) is 0 Å². The number of carbonyl (C=O) groups excluding carboxylic acids is 1. The second-order valence-electron chi connectivity index (χ2n) is 4.80. The van der Waals surface area contributed by atoms with E-state index in [0.717, 1.165) is 25.9 Å². The topological polar surface area (TPSA) is 64.0 Å². The third-order valence-corrected chi connectivity index (χ3v) is 3.61. The van der Waals surface area contributed by atoms with Crippen LogP contribution in [0.5, 0.6) is 0 Å². The van der Waals surface area contributed by atoms with E-state index in [9.17, 15) is 15.0 Å². The monoisotopic (exact) mass is 228 g/mol. The molecule has 0 aliphatic carbocycles. The molecule has 92 valence electrons. The van der Waals surface area contributed by atoms with E-state index in [4.69, 9.17) is 0 Å². The Labute approximate surface area is 95.6 Å². The first-order chi connectivity index (χ1) is 7.59. The van der Waals surface area contributed by atoms with Gasteiger partial charge in [-0.25, -0.2) is 0 Å². The van der Waals surface area contributed by atoms with E-state index in [1.165, 1.54) is 0 Å². The van der Waals surface area contributed by atoms with E-state index in [-0.39, 0.29) is 11.9 Å². The van der Waals surface area contributed by atoms with Crippen molar-refractivity contribution >= 4 is 5.91 Å². The summed E-state index contributed by atoms with van der Waals surface area (Å²) in [6, 6.07) is -0.232. The summed E-state index contributed by atoms with van der Waals surface area (Å²) in [4.78, 5) is 15.8. The standard InChI is InChI=1S/C11H20N2O3/c1-8(11(16)12-4-2-3-5-12)13-6-9(14)10(15)7-13/h8-10,14-15H,2-7H2,1H3/t8?,9-,10+. The van der Waals surface area contributed by atoms with Gasteiger partial charge in [0.05, 0.1) is 18.2 Å². The molecule has 0 bridgehead atoms. The molecule has 2 rings (SSSR count). The number of likely N-dealkylation sites (tertiary alicyclic amines) is 2. The van der Waals surface area contributed by atoms with Crippen molar-refractivity contribution in [3.05, 3.63) is 0 Å². The molecule has 3 atom stereocenters. The molecule has 0 spiro atoms. The molecule has 0 radical (unpaired) electrons. The highest BCUT2D eigenvalue weighted by Gasteiger charge is 2.36. The Bertz CT molecular complexity index is 256. The molecule has 2 N–H and O–H groups in total. The van der Waals surface area contributed by atoms with Crippen molar-refractivity contribution in [2.45, 2.75) is 38.0 Å². The lowest BCUT2D eigenvalue weighted by Gasteiger charge is -2.27. The number of nitrogens with zero attached hydrogens (tertiary/aromatic N) is 2. The Hall–Kier alpha value is -0.650. The number of carbonyl (C=O) groups is 1. The maximum Gasteiger partial charge on any atom is 0.239 e. The molecular weight excluding hydrogens is 208 g/mol. The van der Waals surface area contributed by atoms with Gasteiger partial charge in [0.25, 0.3) is 0 Å². The predicted octanol–water partition coefficient (Wildman–Crippen LogP) is -0.965. The van der Waals surface area contributed by atoms with Crippen molar-refractivity contribution in [1.82, 2.24) is 9.80 Å². The van der Waals surface area contributed by atoms with E-state index in [1.54, 1.807) is 0 Å². The Morgan fingerprint density at radius 1 is 1.19 bits per heavy atom. The lowest BCUT2D eigenvalue weighted by Crippen LogP contribution is -2.45. The van der Waals surface area contributed by atoms with E-state index in [0.29, 0.717) is 13.1 Å². The first-order valence-electron chi connectivity index (χ1n) is 5.98. The van der Waals surface area contributed by atoms with Gasteiger partial charge in [0.1, 0.15) is 0 Å². The van der Waals surface area contributed by atoms with Crippen LogP contribution in [0.1, 0.15) is 19.8 Å². The van der Waals surface area contributed by atoms with Crippen LogP contribution in [0.3, 0.4) is 0 Å². The summed E-state index contributed by atoms with van der Waals surface area (Å²) >= 11 is 0. The molecular formula is C11H20N2O3. The van der Waals surface area contributed by atoms with Crippen LogP contribution in [0.4, 0.5) is 0 Å². The molecule has 2 aliphatic rings. The molecule has 0 aromatic rings. The fourth-order valence-electron chi connectivity index (χ4n) is 2.47. The second-order valence-corrected chi connectivity index (χ2v) is 4.80. The number of hydrogen-bond donors (Lipinski definition) is 2. The van der Waals surface area contributed by atoms with Crippen LogP contribution in [0.25, 0.3) is 0 Å². The lowest BCUT2D eigenvalue weighted by molar-refractivity contribution is -0.135. The number of β-amino-alcohol motifs (C(OH)–C–C–N with tert-alkyl or cyclic N) is 2. The van der Waals surface area contributed by atoms with E-state index in [1.807, 2.05) is 16.7 Å². The van der Waals surface area contributed by atoms with Crippen molar-refractivity contribution in [2.75, 3.05) is 26.2 Å². The Balaban J connectivity index is 1.91. The second kappa shape index (κ2) is 4.69. The average molecular weight is 228 g/mol. The molecule has 0 saturated carbocycles. The molecule has 16 heavy (non-hydrogen) atoms. The summed E-state index contributed by atoms with van der Waals surface area (Å²) in [5.74, 6) is 0.124. The maximum atomic E-state index is 12.1. The summed E-state index contributed by atoms with van der Waals surface area (Å²) in [5, 5.41) is 18.9. The normalized spacial score (nSPS) is 33.3. The van der Waals surface area contributed by atoms with Crippen LogP contribution in [-0.2, 0) is 4.79 Å². The number of aliphatic hydroxyl groups excluding tert-OH is 2. The number of amides is 1. The van der Waals surface area contributed by atoms with Crippen LogP contribution in [0.15, 0.2) is 0 Å². The summed E-state index contributed by atoms with van der Waals surface area (Å²) in [7, 11) is 0. The minimum atomic E-state index is -0.714. The highest BCUT2D eigenvalue weighted by molar-refractivity contribution is 5.81. The van der Waals surface area contributed by atoms with Crippen LogP contribution in [-0.4, -0.2) is 70.3 Å². The van der Waals surface area contributed by atoms with Gasteiger partial charge >= 0.3 is 0 Å². The number of aliphatic hydroxyl groups is 2. The van der Waals surface area contributed by atoms with Gasteiger partial charge in [-0.1, -0.05) is 0 Å². The van der Waals surface area contributed by atoms with Crippen LogP contribution in [0, 0.1) is 0 Å². The third kappa shape index (κ3) is 2.21. The fraction of sp³-hybridized carbons (Fsp3) is 0.909. The van der Waals surface area contributed by atoms with Crippen LogP contribution < -0.4 is 0 Å². The zero-order valence-corrected chi connectivity index (χ0v) is 9.67. The maximum absolute atomic E-state index is 12.1. The van der Waals surface area contributed by atoms with Crippen LogP contribution >= 0.6 is 0 Å². The highest BCUT2D eigenvalue weighted by Crippen LogP contribution is 2.17. The SMILES string of the molecule is CC(C(=O)N1CCCC1)N1C[C@@H](O)[C@@H](O)C1. The Morgan fingerprint density at radius 3 is 2.19 bits per heavy atom. The van der Waals surface area contributed by atoms with E-state index < -0.39 is 12.2 Å². The summed E-state index contributed by atoms with van der Waals surface area (Å²) in [5.41, 5.74) is 0. The zero-order valence-electron chi connectivity index (χ0n) is 9.67. The Morgan fingerprint density at radius 2 is 1.69 bits per heavy atom. The van der Waals surface area contributed by atoms with E-state index >= 15 is 0 Å². The van der Waals surface area contributed by atoms with Gasteiger partial charge in [0.2, 0.25) is 5.91 Å². The smallest absolute Gasteiger partial charge is 0.239 e. The molecule has 1 amide bonds. The summed E-state index contributed by atoms with van der Waals surface area (Å²) in [6.07, 6.45) is 0.746. The lowest BCUT2D eigenvalue weighted by atomic mass is 10.2. The summed E-state index contributed by atoms with van der Waals surface area (Å²) in [6.45, 7) is 4.33. The van der Waals surface area contributed by atoms with Crippen molar-refractivity contribution in [1.29, 1.82) is 0 Å². The van der Waals surface area contributed by atoms with Gasteiger partial charge in [-0.05, 0) is 19.8 Å². The average Bonchev–Trinajstić information content (AvgIpc) is 2.87. The summed E-state index contributed by atoms with van der Waals surface area (Å²) < 4.78 is 0. The molecule has 2 heterocycles. The minimum absolute atomic E-state index is 0.124. The molecule has 1 unspecified atom stereocenters. The quantitative estimate of drug-likeness (QED) is 0.638. The largest absolute Gasteiger partial charge is 0.389 e. The third-order valence-electron chi connectivity index (χ3n) is 3.61. The molecule has 5 nitrogen and oxygen atoms in total. The molecule has 2 saturated heterocycles. The zero-order chi connectivity index (χ0) is 11.7. The van der Waals surface area contributed by atoms with Gasteiger partial charge < -0.3 is 15.1 Å². The molecule has 0 aromatic carbocycles. The van der Waals surface area contributed by atoms with Gasteiger partial charge in [0, 0.05) is 26.2 Å². The van der Waals surface area contributed by atoms with Crippen molar-refractivity contribution in [3.63, 3.8) is 0 Å². The van der Waals surface area contributed by atoms with E-state index in [2.05, 4.69) is 0 Å². The van der Waals surface area contributed by atoms with Crippen molar-refractivity contribution in [2.24, 2.45) is 0 Å². The molecule has 0 aromatic heterocycles. The number of hydrogen-bond acceptors (Lipinski definition) is 4. The van der Waals surface area contributed by atoms with Gasteiger partial charge in [-0.3, -0.25) is 9.69 Å². The van der Waals surface area contributed by atoms with Gasteiger partial charge in [-0.15, -0.1) is 0 Å². The van der Waals surface area contributed by atoms with Crippen molar-refractivity contribution in [3.8, 4) is 0 Å². The minimum Gasteiger partial charge on any atom is -0.389 e. The van der Waals surface area contributed by atoms with Crippen molar-refractivity contribution < 1.29 is 15.0 Å². The first-order valence-corrected chi connectivity index (χ1v) is 5.98.